The van der Waals surface area contributed by atoms with Gasteiger partial charge in [-0.25, -0.2) is 4.39 Å². The third kappa shape index (κ3) is 4.80. The molecule has 0 saturated heterocycles. The van der Waals surface area contributed by atoms with E-state index in [9.17, 15) is 4.39 Å². The highest BCUT2D eigenvalue weighted by Gasteiger charge is 2.05. The van der Waals surface area contributed by atoms with E-state index in [0.29, 0.717) is 0 Å². The molecule has 0 saturated carbocycles. The van der Waals surface area contributed by atoms with Crippen molar-refractivity contribution < 1.29 is 4.39 Å². The van der Waals surface area contributed by atoms with E-state index >= 15 is 0 Å². The smallest absolute Gasteiger partial charge is 0.140 e. The molecule has 2 nitrogen and oxygen atoms in total. The van der Waals surface area contributed by atoms with Gasteiger partial charge in [0.25, 0.3) is 0 Å². The van der Waals surface area contributed by atoms with Crippen molar-refractivity contribution in [3.63, 3.8) is 0 Å². The van der Waals surface area contributed by atoms with Crippen LogP contribution in [0.15, 0.2) is 24.3 Å². The summed E-state index contributed by atoms with van der Waals surface area (Å²) < 4.78 is 13.1. The molecule has 0 aromatic heterocycles. The summed E-state index contributed by atoms with van der Waals surface area (Å²) in [6.45, 7) is 7.01. The maximum absolute atomic E-state index is 13.1. The van der Waals surface area contributed by atoms with Gasteiger partial charge >= 0.3 is 0 Å². The number of rotatable bonds is 3. The Hall–Kier alpha value is -1.66. The van der Waals surface area contributed by atoms with Gasteiger partial charge < -0.3 is 5.32 Å². The van der Waals surface area contributed by atoms with Gasteiger partial charge in [0.2, 0.25) is 0 Å². The van der Waals surface area contributed by atoms with Crippen LogP contribution in [0.3, 0.4) is 0 Å². The summed E-state index contributed by atoms with van der Waals surface area (Å²) in [4.78, 5) is 0. The molecule has 0 atom stereocenters. The average Bonchev–Trinajstić information content (AvgIpc) is 2.25. The molecule has 0 aliphatic carbocycles. The number of nitrogens with one attached hydrogen (secondary N) is 1. The quantitative estimate of drug-likeness (QED) is 0.869. The Kier molecular flexibility index (Phi) is 4.42. The number of benzene rings is 1. The van der Waals surface area contributed by atoms with Crippen molar-refractivity contribution in [3.8, 4) is 6.07 Å². The average molecular weight is 232 g/mol. The van der Waals surface area contributed by atoms with E-state index in [4.69, 9.17) is 5.26 Å². The molecule has 0 amide bonds. The molecular weight excluding hydrogens is 215 g/mol. The summed E-state index contributed by atoms with van der Waals surface area (Å²) >= 11 is 0. The minimum absolute atomic E-state index is 0.0744. The fourth-order valence-electron chi connectivity index (χ4n) is 1.29. The number of nitriles is 1. The monoisotopic (exact) mass is 232 g/mol. The molecule has 0 aliphatic heterocycles. The summed E-state index contributed by atoms with van der Waals surface area (Å²) in [6, 6.07) is 6.34. The van der Waals surface area contributed by atoms with Crippen LogP contribution in [-0.2, 0) is 0 Å². The van der Waals surface area contributed by atoms with Crippen molar-refractivity contribution in [1.29, 1.82) is 5.26 Å². The fourth-order valence-corrected chi connectivity index (χ4v) is 1.29. The molecule has 0 heterocycles. The highest BCUT2D eigenvalue weighted by atomic mass is 19.1. The van der Waals surface area contributed by atoms with Crippen molar-refractivity contribution in [3.05, 3.63) is 41.2 Å². The van der Waals surface area contributed by atoms with E-state index in [1.807, 2.05) is 18.2 Å². The summed E-state index contributed by atoms with van der Waals surface area (Å²) in [5.41, 5.74) is 0.986. The van der Waals surface area contributed by atoms with Crippen LogP contribution in [0.4, 0.5) is 4.39 Å². The first-order valence-electron chi connectivity index (χ1n) is 5.53. The Balaban J connectivity index is 2.64. The SMILES string of the molecule is CC(C)(C)NC/C=C/c1ccc(F)c(C#N)c1. The van der Waals surface area contributed by atoms with E-state index in [2.05, 4.69) is 26.1 Å². The molecule has 0 spiro atoms. The maximum atomic E-state index is 13.1. The van der Waals surface area contributed by atoms with Gasteiger partial charge in [0.15, 0.2) is 0 Å². The lowest BCUT2D eigenvalue weighted by Gasteiger charge is -2.18. The number of hydrogen-bond donors (Lipinski definition) is 1. The second-order valence-electron chi connectivity index (χ2n) is 4.88. The lowest BCUT2D eigenvalue weighted by Crippen LogP contribution is -2.35. The van der Waals surface area contributed by atoms with Gasteiger partial charge in [-0.05, 0) is 38.5 Å². The van der Waals surface area contributed by atoms with Gasteiger partial charge in [-0.2, -0.15) is 5.26 Å². The molecule has 1 aromatic carbocycles. The zero-order valence-corrected chi connectivity index (χ0v) is 10.4. The molecule has 3 heteroatoms. The minimum Gasteiger partial charge on any atom is -0.309 e. The standard InChI is InChI=1S/C14H17FN2/c1-14(2,3)17-8-4-5-11-6-7-13(15)12(9-11)10-16/h4-7,9,17H,8H2,1-3H3/b5-4+. The molecule has 1 N–H and O–H groups in total. The zero-order chi connectivity index (χ0) is 12.9. The summed E-state index contributed by atoms with van der Waals surface area (Å²) in [7, 11) is 0. The van der Waals surface area contributed by atoms with Crippen molar-refractivity contribution in [2.45, 2.75) is 26.3 Å². The van der Waals surface area contributed by atoms with Gasteiger partial charge in [-0.3, -0.25) is 0 Å². The Morgan fingerprint density at radius 2 is 2.12 bits per heavy atom. The predicted octanol–water partition coefficient (Wildman–Crippen LogP) is 3.10. The van der Waals surface area contributed by atoms with Crippen molar-refractivity contribution in [2.24, 2.45) is 0 Å². The van der Waals surface area contributed by atoms with Crippen molar-refractivity contribution in [2.75, 3.05) is 6.54 Å². The van der Waals surface area contributed by atoms with Crippen LogP contribution < -0.4 is 5.32 Å². The first kappa shape index (κ1) is 13.4. The minimum atomic E-state index is -0.475. The molecule has 17 heavy (non-hydrogen) atoms. The molecule has 0 unspecified atom stereocenters. The van der Waals surface area contributed by atoms with Gasteiger partial charge in [0.1, 0.15) is 11.9 Å². The van der Waals surface area contributed by atoms with Crippen molar-refractivity contribution in [1.82, 2.24) is 5.32 Å². The third-order valence-electron chi connectivity index (χ3n) is 2.17. The van der Waals surface area contributed by atoms with Crippen molar-refractivity contribution >= 4 is 6.08 Å². The van der Waals surface area contributed by atoms with Gasteiger partial charge in [-0.15, -0.1) is 0 Å². The van der Waals surface area contributed by atoms with E-state index in [1.54, 1.807) is 12.1 Å². The normalized spacial score (nSPS) is 11.7. The molecule has 0 radical (unpaired) electrons. The second kappa shape index (κ2) is 5.60. The number of nitrogens with zero attached hydrogens (tertiary/aromatic N) is 1. The van der Waals surface area contributed by atoms with Gasteiger partial charge in [-0.1, -0.05) is 18.2 Å². The second-order valence-corrected chi connectivity index (χ2v) is 4.88. The van der Waals surface area contributed by atoms with E-state index in [-0.39, 0.29) is 11.1 Å². The predicted molar refractivity (Wildman–Crippen MR) is 67.9 cm³/mol. The first-order valence-corrected chi connectivity index (χ1v) is 5.53. The highest BCUT2D eigenvalue weighted by molar-refractivity contribution is 5.52. The third-order valence-corrected chi connectivity index (χ3v) is 2.17. The Labute approximate surface area is 102 Å². The lowest BCUT2D eigenvalue weighted by atomic mass is 10.1. The summed E-state index contributed by atoms with van der Waals surface area (Å²) in [6.07, 6.45) is 3.83. The molecular formula is C14H17FN2. The van der Waals surface area contributed by atoms with E-state index in [1.165, 1.54) is 6.07 Å². The molecule has 0 bridgehead atoms. The van der Waals surface area contributed by atoms with Crippen LogP contribution in [0, 0.1) is 17.1 Å². The summed E-state index contributed by atoms with van der Waals surface area (Å²) in [5, 5.41) is 12.0. The van der Waals surface area contributed by atoms with Gasteiger partial charge in [0, 0.05) is 12.1 Å². The molecule has 0 aliphatic rings. The van der Waals surface area contributed by atoms with E-state index < -0.39 is 5.82 Å². The molecule has 0 fully saturated rings. The number of halogens is 1. The van der Waals surface area contributed by atoms with Crippen LogP contribution >= 0.6 is 0 Å². The van der Waals surface area contributed by atoms with Crippen LogP contribution in [0.25, 0.3) is 6.08 Å². The van der Waals surface area contributed by atoms with Crippen LogP contribution in [-0.4, -0.2) is 12.1 Å². The number of hydrogen-bond acceptors (Lipinski definition) is 2. The largest absolute Gasteiger partial charge is 0.309 e. The first-order chi connectivity index (χ1) is 7.92. The zero-order valence-electron chi connectivity index (χ0n) is 10.4. The maximum Gasteiger partial charge on any atom is 0.140 e. The lowest BCUT2D eigenvalue weighted by molar-refractivity contribution is 0.450. The Bertz CT molecular complexity index is 450. The molecule has 90 valence electrons. The van der Waals surface area contributed by atoms with Crippen LogP contribution in [0.2, 0.25) is 0 Å². The Morgan fingerprint density at radius 3 is 2.71 bits per heavy atom. The van der Waals surface area contributed by atoms with E-state index in [0.717, 1.165) is 12.1 Å². The Morgan fingerprint density at radius 1 is 1.41 bits per heavy atom. The van der Waals surface area contributed by atoms with Crippen LogP contribution in [0.5, 0.6) is 0 Å². The molecule has 1 rings (SSSR count). The summed E-state index contributed by atoms with van der Waals surface area (Å²) in [5.74, 6) is -0.475. The fraction of sp³-hybridized carbons (Fsp3) is 0.357. The topological polar surface area (TPSA) is 35.8 Å². The van der Waals surface area contributed by atoms with Crippen LogP contribution in [0.1, 0.15) is 31.9 Å². The molecule has 1 aromatic rings. The van der Waals surface area contributed by atoms with Gasteiger partial charge in [0.05, 0.1) is 5.56 Å². The highest BCUT2D eigenvalue weighted by Crippen LogP contribution is 2.10.